The third-order valence-corrected chi connectivity index (χ3v) is 11.9. The van der Waals surface area contributed by atoms with E-state index in [0.29, 0.717) is 12.8 Å². The number of carbonyl (C=O) groups is 2. The molecule has 0 amide bonds. The Balaban J connectivity index is 2.32. The number of hydrogen-bond donors (Lipinski definition) is 4. The smallest absolute Gasteiger partial charge is 0.306 e. The average molecular weight is 851 g/mol. The van der Waals surface area contributed by atoms with Gasteiger partial charge in [-0.05, 0) is 12.8 Å². The van der Waals surface area contributed by atoms with Gasteiger partial charge in [-0.3, -0.25) is 14.1 Å². The molecule has 12 nitrogen and oxygen atoms in total. The van der Waals surface area contributed by atoms with Crippen LogP contribution in [0.2, 0.25) is 0 Å². The van der Waals surface area contributed by atoms with Gasteiger partial charge in [-0.2, -0.15) is 8.42 Å². The summed E-state index contributed by atoms with van der Waals surface area (Å²) < 4.78 is 54.0. The normalized spacial score (nSPS) is 20.3. The zero-order valence-electron chi connectivity index (χ0n) is 36.7. The van der Waals surface area contributed by atoms with Crippen LogP contribution in [0.4, 0.5) is 0 Å². The van der Waals surface area contributed by atoms with Crippen molar-refractivity contribution in [2.45, 2.75) is 256 Å². The summed E-state index contributed by atoms with van der Waals surface area (Å²) in [4.78, 5) is 25.3. The lowest BCUT2D eigenvalue weighted by Crippen LogP contribution is -2.60. The molecule has 6 atom stereocenters. The van der Waals surface area contributed by atoms with E-state index in [2.05, 4.69) is 13.8 Å². The highest BCUT2D eigenvalue weighted by molar-refractivity contribution is 7.85. The summed E-state index contributed by atoms with van der Waals surface area (Å²) in [5, 5.41) is 30.8. The first kappa shape index (κ1) is 54.7. The Hall–Kier alpha value is -1.35. The molecular formula is C45H86O12S. The molecule has 58 heavy (non-hydrogen) atoms. The first-order chi connectivity index (χ1) is 28.0. The number of esters is 2. The van der Waals surface area contributed by atoms with Crippen LogP contribution < -0.4 is 0 Å². The van der Waals surface area contributed by atoms with Crippen LogP contribution in [0.1, 0.15) is 219 Å². The van der Waals surface area contributed by atoms with Gasteiger partial charge in [0.05, 0.1) is 6.61 Å². The molecule has 0 aromatic heterocycles. The van der Waals surface area contributed by atoms with E-state index in [1.165, 1.54) is 141 Å². The van der Waals surface area contributed by atoms with Crippen LogP contribution in [0.5, 0.6) is 0 Å². The number of hydrogen-bond acceptors (Lipinski definition) is 11. The fraction of sp³-hybridized carbons (Fsp3) is 0.956. The Kier molecular flexibility index (Phi) is 34.2. The fourth-order valence-corrected chi connectivity index (χ4v) is 8.19. The van der Waals surface area contributed by atoms with Crippen molar-refractivity contribution in [2.24, 2.45) is 0 Å². The molecule has 1 heterocycles. The fourth-order valence-electron chi connectivity index (χ4n) is 7.50. The molecule has 0 aliphatic carbocycles. The van der Waals surface area contributed by atoms with Gasteiger partial charge in [0.2, 0.25) is 0 Å². The van der Waals surface area contributed by atoms with Crippen molar-refractivity contribution in [3.8, 4) is 0 Å². The van der Waals surface area contributed by atoms with Gasteiger partial charge in [0.1, 0.15) is 36.8 Å². The van der Waals surface area contributed by atoms with Crippen LogP contribution in [0, 0.1) is 0 Å². The second-order valence-electron chi connectivity index (χ2n) is 16.8. The predicted octanol–water partition coefficient (Wildman–Crippen LogP) is 9.68. The average Bonchev–Trinajstić information content (AvgIpc) is 3.18. The van der Waals surface area contributed by atoms with Crippen molar-refractivity contribution in [1.29, 1.82) is 0 Å². The summed E-state index contributed by atoms with van der Waals surface area (Å²) >= 11 is 0. The van der Waals surface area contributed by atoms with E-state index in [4.69, 9.17) is 18.9 Å². The Morgan fingerprint density at radius 1 is 0.517 bits per heavy atom. The molecule has 0 aromatic rings. The minimum absolute atomic E-state index is 0.170. The van der Waals surface area contributed by atoms with Gasteiger partial charge in [-0.25, -0.2) is 0 Å². The Morgan fingerprint density at radius 2 is 0.879 bits per heavy atom. The maximum absolute atomic E-state index is 12.7. The summed E-state index contributed by atoms with van der Waals surface area (Å²) in [5.74, 6) is -1.97. The lowest BCUT2D eigenvalue weighted by atomic mass is 10.00. The van der Waals surface area contributed by atoms with Crippen LogP contribution in [-0.4, -0.2) is 96.0 Å². The Bertz CT molecular complexity index is 1090. The van der Waals surface area contributed by atoms with E-state index in [1.54, 1.807) is 0 Å². The Morgan fingerprint density at radius 3 is 1.26 bits per heavy atom. The number of aliphatic hydroxyl groups excluding tert-OH is 3. The number of carbonyl (C=O) groups excluding carboxylic acids is 2. The third kappa shape index (κ3) is 30.6. The molecule has 1 fully saturated rings. The van der Waals surface area contributed by atoms with Gasteiger partial charge < -0.3 is 34.3 Å². The second kappa shape index (κ2) is 36.3. The van der Waals surface area contributed by atoms with Crippen molar-refractivity contribution in [2.75, 3.05) is 19.0 Å². The van der Waals surface area contributed by atoms with Gasteiger partial charge in [-0.15, -0.1) is 0 Å². The molecule has 0 aromatic carbocycles. The molecule has 0 bridgehead atoms. The maximum atomic E-state index is 12.7. The predicted molar refractivity (Wildman–Crippen MR) is 229 cm³/mol. The van der Waals surface area contributed by atoms with E-state index in [1.807, 2.05) is 0 Å². The standard InChI is InChI=1S/C45H86O12S/c1-3-5-7-9-11-13-14-15-16-17-18-19-20-21-22-23-24-26-27-29-31-33-40(46)54-35-38(56-41(47)34-32-30-28-25-12-10-8-6-4-2)36-55-45-44(50)43(49)42(48)39(57-45)37-58(51,52)53/h38-39,42-45,48-50H,3-37H2,1-2H3,(H,51,52,53)/t38-,39-,42-,43?,44?,45+/m1/s1. The van der Waals surface area contributed by atoms with Crippen molar-refractivity contribution in [3.05, 3.63) is 0 Å². The lowest BCUT2D eigenvalue weighted by Gasteiger charge is -2.40. The van der Waals surface area contributed by atoms with Crippen molar-refractivity contribution >= 4 is 22.1 Å². The molecule has 344 valence electrons. The minimum Gasteiger partial charge on any atom is -0.462 e. The van der Waals surface area contributed by atoms with E-state index in [9.17, 15) is 37.9 Å². The van der Waals surface area contributed by atoms with E-state index in [0.717, 1.165) is 38.5 Å². The molecule has 2 unspecified atom stereocenters. The van der Waals surface area contributed by atoms with Crippen LogP contribution >= 0.6 is 0 Å². The molecule has 1 saturated heterocycles. The number of rotatable bonds is 40. The third-order valence-electron chi connectivity index (χ3n) is 11.2. The number of aliphatic hydroxyl groups is 3. The van der Waals surface area contributed by atoms with Gasteiger partial charge >= 0.3 is 11.9 Å². The van der Waals surface area contributed by atoms with E-state index >= 15 is 0 Å². The second-order valence-corrected chi connectivity index (χ2v) is 18.3. The van der Waals surface area contributed by atoms with Gasteiger partial charge in [0.25, 0.3) is 10.1 Å². The molecule has 1 aliphatic heterocycles. The summed E-state index contributed by atoms with van der Waals surface area (Å²) in [5.41, 5.74) is 0. The largest absolute Gasteiger partial charge is 0.462 e. The van der Waals surface area contributed by atoms with Gasteiger partial charge in [0.15, 0.2) is 12.4 Å². The number of ether oxygens (including phenoxy) is 4. The molecule has 1 aliphatic rings. The van der Waals surface area contributed by atoms with Crippen LogP contribution in [-0.2, 0) is 38.7 Å². The molecule has 1 rings (SSSR count). The summed E-state index contributed by atoms with van der Waals surface area (Å²) in [6.07, 6.45) is 27.4. The molecule has 0 spiro atoms. The maximum Gasteiger partial charge on any atom is 0.306 e. The SMILES string of the molecule is CCCCCCCCCCCCCCCCCCCCCCCC(=O)OC[C@H](CO[C@H]1O[C@H](CS(=O)(=O)O)[C@@H](O)C(O)C1O)OC(=O)CCCCCCCCCCC. The van der Waals surface area contributed by atoms with Crippen LogP contribution in [0.15, 0.2) is 0 Å². The van der Waals surface area contributed by atoms with E-state index in [-0.39, 0.29) is 19.4 Å². The molecule has 0 radical (unpaired) electrons. The molecule has 4 N–H and O–H groups in total. The topological polar surface area (TPSA) is 186 Å². The van der Waals surface area contributed by atoms with Crippen molar-refractivity contribution in [3.63, 3.8) is 0 Å². The van der Waals surface area contributed by atoms with E-state index < -0.39 is 71.2 Å². The lowest BCUT2D eigenvalue weighted by molar-refractivity contribution is -0.297. The van der Waals surface area contributed by atoms with Crippen molar-refractivity contribution < 1.29 is 56.8 Å². The molecule has 0 saturated carbocycles. The van der Waals surface area contributed by atoms with Gasteiger partial charge in [-0.1, -0.05) is 194 Å². The highest BCUT2D eigenvalue weighted by Crippen LogP contribution is 2.24. The monoisotopic (exact) mass is 851 g/mol. The van der Waals surface area contributed by atoms with Crippen LogP contribution in [0.25, 0.3) is 0 Å². The Labute approximate surface area is 353 Å². The highest BCUT2D eigenvalue weighted by atomic mass is 32.2. The summed E-state index contributed by atoms with van der Waals surface area (Å²) in [6, 6.07) is 0. The van der Waals surface area contributed by atoms with Gasteiger partial charge in [0, 0.05) is 12.8 Å². The quantitative estimate of drug-likeness (QED) is 0.0260. The summed E-state index contributed by atoms with van der Waals surface area (Å²) in [7, 11) is -4.59. The van der Waals surface area contributed by atoms with Crippen LogP contribution in [0.3, 0.4) is 0 Å². The number of unbranched alkanes of at least 4 members (excludes halogenated alkanes) is 28. The minimum atomic E-state index is -4.59. The zero-order chi connectivity index (χ0) is 42.7. The molecular weight excluding hydrogens is 765 g/mol. The van der Waals surface area contributed by atoms with Crippen molar-refractivity contribution in [1.82, 2.24) is 0 Å². The summed E-state index contributed by atoms with van der Waals surface area (Å²) in [6.45, 7) is 3.76. The zero-order valence-corrected chi connectivity index (χ0v) is 37.5. The highest BCUT2D eigenvalue weighted by Gasteiger charge is 2.46. The first-order valence-corrected chi connectivity index (χ1v) is 25.2. The molecule has 13 heteroatoms. The first-order valence-electron chi connectivity index (χ1n) is 23.6.